The summed E-state index contributed by atoms with van der Waals surface area (Å²) in [5.41, 5.74) is 0.645. The maximum absolute atomic E-state index is 12.4. The monoisotopic (exact) mass is 351 g/mol. The van der Waals surface area contributed by atoms with Gasteiger partial charge in [0.15, 0.2) is 5.92 Å². The second-order valence-electron chi connectivity index (χ2n) is 5.58. The first kappa shape index (κ1) is 20.6. The third kappa shape index (κ3) is 5.85. The Labute approximate surface area is 147 Å². The number of non-ortho nitro benzene ring substituents is 1. The number of ether oxygens (including phenoxy) is 2. The summed E-state index contributed by atoms with van der Waals surface area (Å²) < 4.78 is 10.1. The van der Waals surface area contributed by atoms with Crippen LogP contribution in [0.3, 0.4) is 0 Å². The molecule has 0 amide bonds. The topological polar surface area (TPSA) is 95.7 Å². The summed E-state index contributed by atoms with van der Waals surface area (Å²) in [4.78, 5) is 35.1. The molecule has 25 heavy (non-hydrogen) atoms. The van der Waals surface area contributed by atoms with Crippen LogP contribution in [0.25, 0.3) is 0 Å². The second-order valence-corrected chi connectivity index (χ2v) is 5.58. The first-order valence-electron chi connectivity index (χ1n) is 8.53. The summed E-state index contributed by atoms with van der Waals surface area (Å²) in [5.74, 6) is -2.77. The molecule has 138 valence electrons. The summed E-state index contributed by atoms with van der Waals surface area (Å²) in [6.07, 6.45) is 2.27. The van der Waals surface area contributed by atoms with Crippen molar-refractivity contribution in [1.29, 1.82) is 0 Å². The zero-order chi connectivity index (χ0) is 18.8. The summed E-state index contributed by atoms with van der Waals surface area (Å²) in [7, 11) is 0. The van der Waals surface area contributed by atoms with Crippen LogP contribution in [-0.4, -0.2) is 30.1 Å². The highest BCUT2D eigenvalue weighted by Crippen LogP contribution is 2.33. The normalized spacial score (nSPS) is 11.8. The van der Waals surface area contributed by atoms with Gasteiger partial charge in [-0.25, -0.2) is 0 Å². The van der Waals surface area contributed by atoms with Crippen LogP contribution in [0.5, 0.6) is 0 Å². The number of nitrogens with zero attached hydrogens (tertiary/aromatic N) is 1. The van der Waals surface area contributed by atoms with Gasteiger partial charge in [0.2, 0.25) is 0 Å². The second kappa shape index (κ2) is 10.4. The molecule has 0 aromatic heterocycles. The summed E-state index contributed by atoms with van der Waals surface area (Å²) >= 11 is 0. The van der Waals surface area contributed by atoms with Gasteiger partial charge in [0.1, 0.15) is 0 Å². The van der Waals surface area contributed by atoms with E-state index < -0.39 is 28.7 Å². The number of nitro groups is 1. The molecule has 0 fully saturated rings. The molecule has 1 unspecified atom stereocenters. The summed E-state index contributed by atoms with van der Waals surface area (Å²) in [6.45, 7) is 5.68. The molecule has 0 saturated heterocycles. The first-order valence-corrected chi connectivity index (χ1v) is 8.53. The predicted octanol–water partition coefficient (Wildman–Crippen LogP) is 3.61. The van der Waals surface area contributed by atoms with Gasteiger partial charge in [-0.15, -0.1) is 0 Å². The van der Waals surface area contributed by atoms with Gasteiger partial charge in [-0.05, 0) is 25.8 Å². The van der Waals surface area contributed by atoms with Gasteiger partial charge in [-0.1, -0.05) is 31.9 Å². The predicted molar refractivity (Wildman–Crippen MR) is 92.1 cm³/mol. The molecule has 1 aromatic carbocycles. The summed E-state index contributed by atoms with van der Waals surface area (Å²) in [6, 6.07) is 5.93. The fraction of sp³-hybridized carbons (Fsp3) is 0.556. The Balaban J connectivity index is 3.22. The van der Waals surface area contributed by atoms with Gasteiger partial charge in [-0.2, -0.15) is 0 Å². The SMILES string of the molecule is CCCCC(c1ccc([N+](=O)[O-])cc1)C(C(=O)OCC)C(=O)OCC. The van der Waals surface area contributed by atoms with E-state index in [0.717, 1.165) is 12.8 Å². The number of esters is 2. The van der Waals surface area contributed by atoms with Crippen molar-refractivity contribution in [1.82, 2.24) is 0 Å². The van der Waals surface area contributed by atoms with Gasteiger partial charge in [-0.3, -0.25) is 19.7 Å². The van der Waals surface area contributed by atoms with Gasteiger partial charge in [0.25, 0.3) is 5.69 Å². The standard InChI is InChI=1S/C18H25NO6/c1-4-7-8-15(13-9-11-14(12-10-13)19(22)23)16(17(20)24-5-2)18(21)25-6-3/h9-12,15-16H,4-8H2,1-3H3. The third-order valence-corrected chi connectivity index (χ3v) is 3.88. The molecule has 0 N–H and O–H groups in total. The van der Waals surface area contributed by atoms with E-state index in [1.165, 1.54) is 12.1 Å². The molecule has 7 heteroatoms. The maximum atomic E-state index is 12.4. The van der Waals surface area contributed by atoms with E-state index >= 15 is 0 Å². The van der Waals surface area contributed by atoms with Crippen LogP contribution < -0.4 is 0 Å². The highest BCUT2D eigenvalue weighted by molar-refractivity contribution is 5.96. The zero-order valence-corrected chi connectivity index (χ0v) is 14.9. The number of benzene rings is 1. The zero-order valence-electron chi connectivity index (χ0n) is 14.9. The van der Waals surface area contributed by atoms with Crippen molar-refractivity contribution in [3.05, 3.63) is 39.9 Å². The minimum atomic E-state index is -1.08. The molecule has 0 aliphatic carbocycles. The Kier molecular flexibility index (Phi) is 8.60. The van der Waals surface area contributed by atoms with Crippen LogP contribution in [-0.2, 0) is 19.1 Å². The minimum Gasteiger partial charge on any atom is -0.465 e. The lowest BCUT2D eigenvalue weighted by Crippen LogP contribution is -2.33. The van der Waals surface area contributed by atoms with Crippen LogP contribution in [0, 0.1) is 16.0 Å². The smallest absolute Gasteiger partial charge is 0.320 e. The molecular weight excluding hydrogens is 326 g/mol. The molecule has 1 atom stereocenters. The van der Waals surface area contributed by atoms with Crippen LogP contribution in [0.1, 0.15) is 51.5 Å². The fourth-order valence-corrected chi connectivity index (χ4v) is 2.68. The number of hydrogen-bond donors (Lipinski definition) is 0. The molecule has 7 nitrogen and oxygen atoms in total. The van der Waals surface area contributed by atoms with Crippen molar-refractivity contribution < 1.29 is 24.0 Å². The van der Waals surface area contributed by atoms with Gasteiger partial charge >= 0.3 is 11.9 Å². The lowest BCUT2D eigenvalue weighted by molar-refractivity contribution is -0.384. The average molecular weight is 351 g/mol. The lowest BCUT2D eigenvalue weighted by Gasteiger charge is -2.24. The van der Waals surface area contributed by atoms with Crippen LogP contribution >= 0.6 is 0 Å². The van der Waals surface area contributed by atoms with E-state index in [1.807, 2.05) is 6.92 Å². The minimum absolute atomic E-state index is 0.0400. The molecule has 1 aromatic rings. The maximum Gasteiger partial charge on any atom is 0.320 e. The number of nitro benzene ring substituents is 1. The molecular formula is C18H25NO6. The molecule has 0 heterocycles. The lowest BCUT2D eigenvalue weighted by atomic mass is 9.82. The highest BCUT2D eigenvalue weighted by atomic mass is 16.6. The van der Waals surface area contributed by atoms with Crippen LogP contribution in [0.15, 0.2) is 24.3 Å². The Morgan fingerprint density at radius 1 is 1.04 bits per heavy atom. The molecule has 1 rings (SSSR count). The number of unbranched alkanes of at least 4 members (excludes halogenated alkanes) is 1. The van der Waals surface area contributed by atoms with Gasteiger partial charge < -0.3 is 9.47 Å². The molecule has 0 saturated carbocycles. The van der Waals surface area contributed by atoms with Crippen LogP contribution in [0.4, 0.5) is 5.69 Å². The van der Waals surface area contributed by atoms with Crippen molar-refractivity contribution in [3.63, 3.8) is 0 Å². The van der Waals surface area contributed by atoms with Gasteiger partial charge in [0, 0.05) is 18.1 Å². The fourth-order valence-electron chi connectivity index (χ4n) is 2.68. The number of rotatable bonds is 10. The van der Waals surface area contributed by atoms with E-state index in [1.54, 1.807) is 26.0 Å². The molecule has 0 aliphatic rings. The van der Waals surface area contributed by atoms with E-state index in [9.17, 15) is 19.7 Å². The largest absolute Gasteiger partial charge is 0.465 e. The van der Waals surface area contributed by atoms with Crippen molar-refractivity contribution in [3.8, 4) is 0 Å². The van der Waals surface area contributed by atoms with Gasteiger partial charge in [0.05, 0.1) is 18.1 Å². The van der Waals surface area contributed by atoms with Crippen LogP contribution in [0.2, 0.25) is 0 Å². The Bertz CT molecular complexity index is 566. The Morgan fingerprint density at radius 2 is 1.56 bits per heavy atom. The van der Waals surface area contributed by atoms with Crippen molar-refractivity contribution in [2.75, 3.05) is 13.2 Å². The molecule has 0 aliphatic heterocycles. The van der Waals surface area contributed by atoms with Crippen molar-refractivity contribution >= 4 is 17.6 Å². The quantitative estimate of drug-likeness (QED) is 0.276. The third-order valence-electron chi connectivity index (χ3n) is 3.88. The first-order chi connectivity index (χ1) is 12.0. The molecule has 0 bridgehead atoms. The highest BCUT2D eigenvalue weighted by Gasteiger charge is 2.38. The average Bonchev–Trinajstić information content (AvgIpc) is 2.58. The van der Waals surface area contributed by atoms with Crippen molar-refractivity contribution in [2.24, 2.45) is 5.92 Å². The molecule has 0 spiro atoms. The number of hydrogen-bond acceptors (Lipinski definition) is 6. The number of carbonyl (C=O) groups excluding carboxylic acids is 2. The van der Waals surface area contributed by atoms with E-state index in [0.29, 0.717) is 12.0 Å². The van der Waals surface area contributed by atoms with Crippen molar-refractivity contribution in [2.45, 2.75) is 46.0 Å². The van der Waals surface area contributed by atoms with E-state index in [2.05, 4.69) is 0 Å². The van der Waals surface area contributed by atoms with E-state index in [-0.39, 0.29) is 18.9 Å². The molecule has 0 radical (unpaired) electrons. The Morgan fingerprint density at radius 3 is 1.96 bits per heavy atom. The Hall–Kier alpha value is -2.44. The van der Waals surface area contributed by atoms with E-state index in [4.69, 9.17) is 9.47 Å². The summed E-state index contributed by atoms with van der Waals surface area (Å²) in [5, 5.41) is 10.8. The number of carbonyl (C=O) groups is 2.